The fourth-order valence-corrected chi connectivity index (χ4v) is 4.90. The zero-order valence-corrected chi connectivity index (χ0v) is 16.0. The SMILES string of the molecule is CCC(=O)N1CCn2c(nnc2C2CCN(S(=O)(=O)C(C)C)CC2)C1. The van der Waals surface area contributed by atoms with Crippen molar-refractivity contribution >= 4 is 15.9 Å². The standard InChI is InChI=1S/C16H27N5O3S/c1-4-15(22)19-9-10-21-14(11-19)17-18-16(21)13-5-7-20(8-6-13)25(23,24)12(2)3/h12-13H,4-11H2,1-3H3. The number of hydrogen-bond acceptors (Lipinski definition) is 5. The fraction of sp³-hybridized carbons (Fsp3) is 0.812. The molecule has 0 bridgehead atoms. The monoisotopic (exact) mass is 369 g/mol. The third kappa shape index (κ3) is 3.44. The van der Waals surface area contributed by atoms with Crippen LogP contribution in [0.4, 0.5) is 0 Å². The molecule has 25 heavy (non-hydrogen) atoms. The molecule has 9 heteroatoms. The van der Waals surface area contributed by atoms with E-state index in [2.05, 4.69) is 14.8 Å². The molecule has 1 amide bonds. The van der Waals surface area contributed by atoms with Crippen LogP contribution in [0, 0.1) is 0 Å². The van der Waals surface area contributed by atoms with Gasteiger partial charge in [0, 0.05) is 38.5 Å². The van der Waals surface area contributed by atoms with Crippen LogP contribution in [0.3, 0.4) is 0 Å². The Hall–Kier alpha value is -1.48. The lowest BCUT2D eigenvalue weighted by molar-refractivity contribution is -0.132. The number of hydrogen-bond donors (Lipinski definition) is 0. The molecule has 1 aromatic rings. The minimum absolute atomic E-state index is 0.142. The average Bonchev–Trinajstić information content (AvgIpc) is 3.04. The first-order valence-electron chi connectivity index (χ1n) is 9.03. The number of amides is 1. The topological polar surface area (TPSA) is 88.4 Å². The zero-order valence-electron chi connectivity index (χ0n) is 15.2. The molecule has 0 unspecified atom stereocenters. The molecule has 0 radical (unpaired) electrons. The maximum Gasteiger partial charge on any atom is 0.222 e. The molecule has 1 saturated heterocycles. The van der Waals surface area contributed by atoms with Crippen molar-refractivity contribution in [3.63, 3.8) is 0 Å². The van der Waals surface area contributed by atoms with Crippen molar-refractivity contribution < 1.29 is 13.2 Å². The minimum Gasteiger partial charge on any atom is -0.333 e. The Kier molecular flexibility index (Phi) is 5.15. The summed E-state index contributed by atoms with van der Waals surface area (Å²) in [5.74, 6) is 2.15. The number of piperidine rings is 1. The van der Waals surface area contributed by atoms with Gasteiger partial charge in [-0.15, -0.1) is 10.2 Å². The summed E-state index contributed by atoms with van der Waals surface area (Å²) in [6, 6.07) is 0. The van der Waals surface area contributed by atoms with Gasteiger partial charge in [-0.3, -0.25) is 4.79 Å². The predicted molar refractivity (Wildman–Crippen MR) is 93.3 cm³/mol. The lowest BCUT2D eigenvalue weighted by Gasteiger charge is -2.33. The van der Waals surface area contributed by atoms with Crippen LogP contribution in [0.25, 0.3) is 0 Å². The first-order valence-corrected chi connectivity index (χ1v) is 10.5. The van der Waals surface area contributed by atoms with Crippen molar-refractivity contribution in [2.75, 3.05) is 19.6 Å². The van der Waals surface area contributed by atoms with Crippen LogP contribution >= 0.6 is 0 Å². The Labute approximate surface area is 149 Å². The number of sulfonamides is 1. The van der Waals surface area contributed by atoms with E-state index in [1.807, 2.05) is 11.8 Å². The minimum atomic E-state index is -3.18. The smallest absolute Gasteiger partial charge is 0.222 e. The van der Waals surface area contributed by atoms with Crippen molar-refractivity contribution in [1.29, 1.82) is 0 Å². The first-order chi connectivity index (χ1) is 11.8. The number of nitrogens with zero attached hydrogens (tertiary/aromatic N) is 5. The number of fused-ring (bicyclic) bond motifs is 1. The second kappa shape index (κ2) is 7.03. The van der Waals surface area contributed by atoms with Gasteiger partial charge >= 0.3 is 0 Å². The summed E-state index contributed by atoms with van der Waals surface area (Å²) in [6.07, 6.45) is 2.03. The molecule has 8 nitrogen and oxygen atoms in total. The molecule has 0 spiro atoms. The van der Waals surface area contributed by atoms with Gasteiger partial charge in [-0.05, 0) is 26.7 Å². The van der Waals surface area contributed by atoms with Gasteiger partial charge in [-0.25, -0.2) is 12.7 Å². The average molecular weight is 369 g/mol. The third-order valence-electron chi connectivity index (χ3n) is 5.21. The van der Waals surface area contributed by atoms with Gasteiger partial charge in [0.25, 0.3) is 0 Å². The Balaban J connectivity index is 1.68. The van der Waals surface area contributed by atoms with E-state index < -0.39 is 10.0 Å². The highest BCUT2D eigenvalue weighted by atomic mass is 32.2. The molecule has 0 aromatic carbocycles. The highest BCUT2D eigenvalue weighted by molar-refractivity contribution is 7.89. The summed E-state index contributed by atoms with van der Waals surface area (Å²) in [4.78, 5) is 13.7. The van der Waals surface area contributed by atoms with Gasteiger partial charge in [0.2, 0.25) is 15.9 Å². The summed E-state index contributed by atoms with van der Waals surface area (Å²) < 4.78 is 28.3. The highest BCUT2D eigenvalue weighted by Crippen LogP contribution is 2.30. The largest absolute Gasteiger partial charge is 0.333 e. The van der Waals surface area contributed by atoms with Crippen LogP contribution in [0.5, 0.6) is 0 Å². The second-order valence-corrected chi connectivity index (χ2v) is 9.55. The molecule has 3 heterocycles. The predicted octanol–water partition coefficient (Wildman–Crippen LogP) is 0.948. The molecule has 0 aliphatic carbocycles. The summed E-state index contributed by atoms with van der Waals surface area (Å²) in [5.41, 5.74) is 0. The molecule has 3 rings (SSSR count). The molecule has 1 fully saturated rings. The van der Waals surface area contributed by atoms with E-state index in [-0.39, 0.29) is 17.1 Å². The normalized spacial score (nSPS) is 20.1. The Morgan fingerprint density at radius 1 is 1.16 bits per heavy atom. The van der Waals surface area contributed by atoms with Gasteiger partial charge in [0.15, 0.2) is 5.82 Å². The van der Waals surface area contributed by atoms with Crippen LogP contribution in [0.2, 0.25) is 0 Å². The summed E-state index contributed by atoms with van der Waals surface area (Å²) in [5, 5.41) is 8.27. The number of carbonyl (C=O) groups excluding carboxylic acids is 1. The summed E-state index contributed by atoms with van der Waals surface area (Å²) >= 11 is 0. The van der Waals surface area contributed by atoms with Crippen LogP contribution in [-0.2, 0) is 27.9 Å². The van der Waals surface area contributed by atoms with E-state index in [1.165, 1.54) is 0 Å². The maximum atomic E-state index is 12.3. The lowest BCUT2D eigenvalue weighted by Crippen LogP contribution is -2.42. The van der Waals surface area contributed by atoms with Crippen molar-refractivity contribution in [3.8, 4) is 0 Å². The number of rotatable bonds is 4. The molecule has 2 aliphatic heterocycles. The second-order valence-electron chi connectivity index (χ2n) is 7.06. The summed E-state index contributed by atoms with van der Waals surface area (Å²) in [7, 11) is -3.18. The van der Waals surface area contributed by atoms with E-state index in [4.69, 9.17) is 0 Å². The Bertz CT molecular complexity index is 735. The Morgan fingerprint density at radius 2 is 1.84 bits per heavy atom. The van der Waals surface area contributed by atoms with E-state index >= 15 is 0 Å². The number of carbonyl (C=O) groups is 1. The van der Waals surface area contributed by atoms with Gasteiger partial charge in [0.05, 0.1) is 11.8 Å². The summed E-state index contributed by atoms with van der Waals surface area (Å²) in [6.45, 7) is 8.30. The molecule has 0 atom stereocenters. The maximum absolute atomic E-state index is 12.3. The van der Waals surface area contributed by atoms with Crippen LogP contribution in [-0.4, -0.2) is 63.2 Å². The van der Waals surface area contributed by atoms with Crippen molar-refractivity contribution in [2.24, 2.45) is 0 Å². The Morgan fingerprint density at radius 3 is 2.44 bits per heavy atom. The van der Waals surface area contributed by atoms with Gasteiger partial charge in [-0.2, -0.15) is 0 Å². The van der Waals surface area contributed by atoms with E-state index in [1.54, 1.807) is 18.2 Å². The molecule has 0 N–H and O–H groups in total. The lowest BCUT2D eigenvalue weighted by atomic mass is 9.97. The van der Waals surface area contributed by atoms with Crippen LogP contribution in [0.1, 0.15) is 57.6 Å². The van der Waals surface area contributed by atoms with Crippen molar-refractivity contribution in [2.45, 2.75) is 64.3 Å². The van der Waals surface area contributed by atoms with Gasteiger partial charge in [-0.1, -0.05) is 6.92 Å². The molecule has 140 valence electrons. The fourth-order valence-electron chi connectivity index (χ4n) is 3.59. The van der Waals surface area contributed by atoms with E-state index in [0.717, 1.165) is 24.5 Å². The van der Waals surface area contributed by atoms with Crippen LogP contribution in [0.15, 0.2) is 0 Å². The van der Waals surface area contributed by atoms with E-state index in [0.29, 0.717) is 39.1 Å². The quantitative estimate of drug-likeness (QED) is 0.788. The third-order valence-corrected chi connectivity index (χ3v) is 7.49. The highest BCUT2D eigenvalue weighted by Gasteiger charge is 2.33. The molecular weight excluding hydrogens is 342 g/mol. The molecule has 2 aliphatic rings. The van der Waals surface area contributed by atoms with E-state index in [9.17, 15) is 13.2 Å². The van der Waals surface area contributed by atoms with Gasteiger partial charge < -0.3 is 9.47 Å². The first kappa shape index (κ1) is 18.3. The van der Waals surface area contributed by atoms with Crippen molar-refractivity contribution in [3.05, 3.63) is 11.6 Å². The molecule has 0 saturated carbocycles. The van der Waals surface area contributed by atoms with Gasteiger partial charge in [0.1, 0.15) is 5.82 Å². The molecular formula is C16H27N5O3S. The molecule has 1 aromatic heterocycles. The zero-order chi connectivity index (χ0) is 18.2. The van der Waals surface area contributed by atoms with Crippen molar-refractivity contribution in [1.82, 2.24) is 24.0 Å². The number of aromatic nitrogens is 3. The van der Waals surface area contributed by atoms with Crippen LogP contribution < -0.4 is 0 Å².